The van der Waals surface area contributed by atoms with E-state index in [1.165, 1.54) is 30.2 Å². The number of aromatic hydroxyl groups is 1. The molecular weight excluding hydrogens is 379 g/mol. The van der Waals surface area contributed by atoms with Gasteiger partial charge in [0.25, 0.3) is 0 Å². The average Bonchev–Trinajstić information content (AvgIpc) is 3.15. The summed E-state index contributed by atoms with van der Waals surface area (Å²) in [5, 5.41) is 11.0. The van der Waals surface area contributed by atoms with Crippen LogP contribution in [-0.4, -0.2) is 42.4 Å². The molecule has 1 saturated heterocycles. The Hall–Kier alpha value is -3.68. The zero-order chi connectivity index (χ0) is 20.5. The average molecular weight is 396 g/mol. The number of fused-ring (bicyclic) bond motifs is 1. The van der Waals surface area contributed by atoms with Gasteiger partial charge >= 0.3 is 12.1 Å². The van der Waals surface area contributed by atoms with Crippen molar-refractivity contribution in [3.63, 3.8) is 0 Å². The number of carbonyl (C=O) groups excluding carboxylic acids is 2. The van der Waals surface area contributed by atoms with E-state index in [2.05, 4.69) is 4.98 Å². The molecule has 3 aromatic rings. The van der Waals surface area contributed by atoms with Crippen molar-refractivity contribution >= 4 is 28.7 Å². The first-order valence-corrected chi connectivity index (χ1v) is 8.89. The Balaban J connectivity index is 1.86. The first-order valence-electron chi connectivity index (χ1n) is 8.89. The normalized spacial score (nSPS) is 13.6. The van der Waals surface area contributed by atoms with Gasteiger partial charge in [-0.1, -0.05) is 12.1 Å². The highest BCUT2D eigenvalue weighted by Crippen LogP contribution is 2.37. The molecule has 2 heterocycles. The lowest BCUT2D eigenvalue weighted by atomic mass is 10.0. The molecule has 29 heavy (non-hydrogen) atoms. The van der Waals surface area contributed by atoms with Crippen molar-refractivity contribution in [2.24, 2.45) is 0 Å². The molecule has 0 atom stereocenters. The highest BCUT2D eigenvalue weighted by molar-refractivity contribution is 6.08. The highest BCUT2D eigenvalue weighted by Gasteiger charge is 2.29. The number of hydrogen-bond acceptors (Lipinski definition) is 6. The molecule has 8 heteroatoms. The minimum Gasteiger partial charge on any atom is -0.505 e. The number of hydrogen-bond donors (Lipinski definition) is 1. The molecule has 0 saturated carbocycles. The van der Waals surface area contributed by atoms with Crippen molar-refractivity contribution < 1.29 is 28.6 Å². The summed E-state index contributed by atoms with van der Waals surface area (Å²) < 4.78 is 22.9. The summed E-state index contributed by atoms with van der Waals surface area (Å²) in [5.41, 5.74) is 2.15. The fourth-order valence-corrected chi connectivity index (χ4v) is 3.34. The first-order chi connectivity index (χ1) is 14.0. The highest BCUT2D eigenvalue weighted by atomic mass is 19.1. The van der Waals surface area contributed by atoms with E-state index >= 15 is 0 Å². The van der Waals surface area contributed by atoms with Crippen molar-refractivity contribution in [3.05, 3.63) is 65.1 Å². The van der Waals surface area contributed by atoms with Gasteiger partial charge in [-0.05, 0) is 41.8 Å². The largest absolute Gasteiger partial charge is 0.505 e. The molecule has 0 unspecified atom stereocenters. The number of amides is 1. The van der Waals surface area contributed by atoms with E-state index in [4.69, 9.17) is 9.47 Å². The number of benzene rings is 2. The van der Waals surface area contributed by atoms with E-state index in [9.17, 15) is 19.1 Å². The predicted molar refractivity (Wildman–Crippen MR) is 103 cm³/mol. The van der Waals surface area contributed by atoms with Gasteiger partial charge in [-0.15, -0.1) is 0 Å². The summed E-state index contributed by atoms with van der Waals surface area (Å²) in [4.78, 5) is 29.9. The maximum atomic E-state index is 13.1. The molecule has 1 aromatic heterocycles. The summed E-state index contributed by atoms with van der Waals surface area (Å²) in [6, 6.07) is 9.30. The van der Waals surface area contributed by atoms with Crippen LogP contribution < -0.4 is 4.90 Å². The van der Waals surface area contributed by atoms with Crippen LogP contribution in [0, 0.1) is 5.82 Å². The van der Waals surface area contributed by atoms with E-state index in [1.807, 2.05) is 0 Å². The van der Waals surface area contributed by atoms with E-state index in [0.29, 0.717) is 24.0 Å². The van der Waals surface area contributed by atoms with Crippen LogP contribution >= 0.6 is 0 Å². The summed E-state index contributed by atoms with van der Waals surface area (Å²) in [5.74, 6) is -1.38. The van der Waals surface area contributed by atoms with E-state index < -0.39 is 12.1 Å². The molecule has 7 nitrogen and oxygen atoms in total. The zero-order valence-electron chi connectivity index (χ0n) is 15.5. The second kappa shape index (κ2) is 7.38. The molecule has 0 bridgehead atoms. The minimum absolute atomic E-state index is 0.0894. The molecule has 1 amide bonds. The van der Waals surface area contributed by atoms with Gasteiger partial charge in [0, 0.05) is 11.6 Å². The van der Waals surface area contributed by atoms with Crippen LogP contribution in [0.2, 0.25) is 0 Å². The van der Waals surface area contributed by atoms with Gasteiger partial charge in [0.05, 0.1) is 19.3 Å². The fraction of sp³-hybridized carbons (Fsp3) is 0.190. The molecule has 2 aromatic carbocycles. The molecular formula is C21H17FN2O5. The van der Waals surface area contributed by atoms with Crippen LogP contribution in [0.1, 0.15) is 21.5 Å². The standard InChI is InChI=1S/C21H17FN2O5/c1-28-20(26)16-10-17(24-6-7-29-21(24)27)15-9-13(11-23-18(15)19(16)25)8-12-2-4-14(22)5-3-12/h2-5,9-11,25H,6-8H2,1H3. The lowest BCUT2D eigenvalue weighted by molar-refractivity contribution is 0.0597. The topological polar surface area (TPSA) is 89.0 Å². The van der Waals surface area contributed by atoms with Crippen LogP contribution in [0.3, 0.4) is 0 Å². The minimum atomic E-state index is -0.740. The van der Waals surface area contributed by atoms with E-state index in [-0.39, 0.29) is 29.3 Å². The third kappa shape index (κ3) is 3.44. The summed E-state index contributed by atoms with van der Waals surface area (Å²) >= 11 is 0. The number of methoxy groups -OCH3 is 1. The van der Waals surface area contributed by atoms with Crippen molar-refractivity contribution in [3.8, 4) is 5.75 Å². The van der Waals surface area contributed by atoms with Gasteiger partial charge in [0.1, 0.15) is 23.5 Å². The molecule has 1 fully saturated rings. The Kier molecular flexibility index (Phi) is 4.75. The number of phenols is 1. The van der Waals surface area contributed by atoms with E-state index in [1.54, 1.807) is 24.4 Å². The smallest absolute Gasteiger partial charge is 0.414 e. The van der Waals surface area contributed by atoms with Crippen LogP contribution in [0.5, 0.6) is 5.75 Å². The van der Waals surface area contributed by atoms with Crippen molar-refractivity contribution in [2.75, 3.05) is 25.2 Å². The number of halogens is 1. The van der Waals surface area contributed by atoms with Gasteiger partial charge in [-0.25, -0.2) is 14.0 Å². The Morgan fingerprint density at radius 3 is 2.69 bits per heavy atom. The number of ether oxygens (including phenoxy) is 2. The zero-order valence-corrected chi connectivity index (χ0v) is 15.5. The second-order valence-electron chi connectivity index (χ2n) is 6.59. The van der Waals surface area contributed by atoms with Gasteiger partial charge in [0.2, 0.25) is 0 Å². The summed E-state index contributed by atoms with van der Waals surface area (Å²) in [6.07, 6.45) is 1.50. The first kappa shape index (κ1) is 18.7. The Labute approximate surface area is 165 Å². The molecule has 4 rings (SSSR count). The monoisotopic (exact) mass is 396 g/mol. The van der Waals surface area contributed by atoms with Crippen molar-refractivity contribution in [1.82, 2.24) is 4.98 Å². The third-order valence-electron chi connectivity index (χ3n) is 4.76. The molecule has 0 aliphatic carbocycles. The number of carbonyl (C=O) groups is 2. The third-order valence-corrected chi connectivity index (χ3v) is 4.76. The molecule has 0 radical (unpaired) electrons. The van der Waals surface area contributed by atoms with Crippen molar-refractivity contribution in [2.45, 2.75) is 6.42 Å². The Morgan fingerprint density at radius 1 is 1.28 bits per heavy atom. The lowest BCUT2D eigenvalue weighted by Crippen LogP contribution is -2.24. The fourth-order valence-electron chi connectivity index (χ4n) is 3.34. The van der Waals surface area contributed by atoms with Crippen LogP contribution in [0.4, 0.5) is 14.9 Å². The maximum Gasteiger partial charge on any atom is 0.414 e. The predicted octanol–water partition coefficient (Wildman–Crippen LogP) is 3.41. The van der Waals surface area contributed by atoms with Crippen molar-refractivity contribution in [1.29, 1.82) is 0 Å². The number of anilines is 1. The Bertz CT molecular complexity index is 1110. The van der Waals surface area contributed by atoms with Gasteiger partial charge in [-0.2, -0.15) is 0 Å². The number of pyridine rings is 1. The molecule has 148 valence electrons. The van der Waals surface area contributed by atoms with Crippen LogP contribution in [-0.2, 0) is 15.9 Å². The number of rotatable bonds is 4. The Morgan fingerprint density at radius 2 is 2.03 bits per heavy atom. The van der Waals surface area contributed by atoms with Gasteiger partial charge < -0.3 is 14.6 Å². The number of phenolic OH excluding ortho intramolecular Hbond substituents is 1. The van der Waals surface area contributed by atoms with E-state index in [0.717, 1.165) is 11.1 Å². The number of nitrogens with zero attached hydrogens (tertiary/aromatic N) is 2. The number of cyclic esters (lactones) is 1. The summed E-state index contributed by atoms with van der Waals surface area (Å²) in [6.45, 7) is 0.527. The van der Waals surface area contributed by atoms with Gasteiger partial charge in [0.15, 0.2) is 5.75 Å². The maximum absolute atomic E-state index is 13.1. The molecule has 1 aliphatic heterocycles. The van der Waals surface area contributed by atoms with Gasteiger partial charge in [-0.3, -0.25) is 9.88 Å². The lowest BCUT2D eigenvalue weighted by Gasteiger charge is -2.18. The van der Waals surface area contributed by atoms with Crippen LogP contribution in [0.25, 0.3) is 10.9 Å². The number of aromatic nitrogens is 1. The quantitative estimate of drug-likeness (QED) is 0.680. The second-order valence-corrected chi connectivity index (χ2v) is 6.59. The van der Waals surface area contributed by atoms with Crippen LogP contribution in [0.15, 0.2) is 42.6 Å². The number of esters is 1. The SMILES string of the molecule is COC(=O)c1cc(N2CCOC2=O)c2cc(Cc3ccc(F)cc3)cnc2c1O. The molecule has 0 spiro atoms. The molecule has 1 N–H and O–H groups in total. The molecule has 1 aliphatic rings. The summed E-state index contributed by atoms with van der Waals surface area (Å²) in [7, 11) is 1.20.